The highest BCUT2D eigenvalue weighted by Crippen LogP contribution is 2.07. The number of aryl methyl sites for hydroxylation is 1. The summed E-state index contributed by atoms with van der Waals surface area (Å²) in [7, 11) is 1.36. The molecule has 2 aromatic heterocycles. The Kier molecular flexibility index (Phi) is 9.36. The summed E-state index contributed by atoms with van der Waals surface area (Å²) in [5.74, 6) is -0.423. The minimum absolute atomic E-state index is 0.324. The number of carbonyl (C=O) groups is 1. The van der Waals surface area contributed by atoms with Crippen LogP contribution in [-0.2, 0) is 27.3 Å². The lowest BCUT2D eigenvalue weighted by atomic mass is 10.2. The van der Waals surface area contributed by atoms with Gasteiger partial charge in [0.15, 0.2) is 0 Å². The summed E-state index contributed by atoms with van der Waals surface area (Å²) in [6, 6.07) is 11.5. The van der Waals surface area contributed by atoms with Gasteiger partial charge in [-0.15, -0.1) is 0 Å². The highest BCUT2D eigenvalue weighted by atomic mass is 16.5. The van der Waals surface area contributed by atoms with E-state index in [4.69, 9.17) is 14.2 Å². The quantitative estimate of drug-likeness (QED) is 0.669. The Balaban J connectivity index is 1.50. The molecule has 0 aromatic carbocycles. The lowest BCUT2D eigenvalue weighted by molar-refractivity contribution is 0.0336. The molecule has 8 nitrogen and oxygen atoms in total. The second kappa shape index (κ2) is 12.5. The molecule has 1 aliphatic rings. The van der Waals surface area contributed by atoms with Crippen LogP contribution in [0.4, 0.5) is 0 Å². The summed E-state index contributed by atoms with van der Waals surface area (Å²) in [6.07, 6.45) is 0. The molecule has 0 unspecified atom stereocenters. The average molecular weight is 429 g/mol. The maximum Gasteiger partial charge on any atom is 0.356 e. The van der Waals surface area contributed by atoms with Gasteiger partial charge in [-0.3, -0.25) is 14.8 Å². The molecule has 3 rings (SSSR count). The number of methoxy groups -OCH3 is 1. The minimum Gasteiger partial charge on any atom is -0.464 e. The van der Waals surface area contributed by atoms with E-state index in [-0.39, 0.29) is 0 Å². The van der Waals surface area contributed by atoms with Crippen LogP contribution in [0.2, 0.25) is 0 Å². The molecule has 0 bridgehead atoms. The first kappa shape index (κ1) is 23.3. The maximum atomic E-state index is 11.7. The summed E-state index contributed by atoms with van der Waals surface area (Å²) < 4.78 is 16.6. The third kappa shape index (κ3) is 7.99. The number of hydrogen-bond donors (Lipinski definition) is 0. The molecule has 0 aliphatic carbocycles. The van der Waals surface area contributed by atoms with Crippen molar-refractivity contribution in [3.8, 4) is 0 Å². The predicted molar refractivity (Wildman–Crippen MR) is 117 cm³/mol. The zero-order chi connectivity index (χ0) is 21.9. The van der Waals surface area contributed by atoms with Crippen molar-refractivity contribution in [3.05, 3.63) is 59.2 Å². The first-order valence-corrected chi connectivity index (χ1v) is 10.7. The van der Waals surface area contributed by atoms with E-state index >= 15 is 0 Å². The molecule has 0 N–H and O–H groups in total. The fraction of sp³-hybridized carbons (Fsp3) is 0.522. The molecule has 8 heteroatoms. The van der Waals surface area contributed by atoms with Gasteiger partial charge in [-0.05, 0) is 31.2 Å². The van der Waals surface area contributed by atoms with E-state index < -0.39 is 5.97 Å². The summed E-state index contributed by atoms with van der Waals surface area (Å²) >= 11 is 0. The second-order valence-electron chi connectivity index (χ2n) is 7.55. The highest BCUT2D eigenvalue weighted by molar-refractivity contribution is 5.87. The number of ether oxygens (including phenoxy) is 3. The molecule has 168 valence electrons. The summed E-state index contributed by atoms with van der Waals surface area (Å²) in [5, 5.41) is 0. The molecule has 31 heavy (non-hydrogen) atoms. The highest BCUT2D eigenvalue weighted by Gasteiger charge is 2.13. The van der Waals surface area contributed by atoms with Crippen molar-refractivity contribution in [3.63, 3.8) is 0 Å². The minimum atomic E-state index is -0.423. The van der Waals surface area contributed by atoms with Crippen molar-refractivity contribution in [1.29, 1.82) is 0 Å². The molecule has 0 radical (unpaired) electrons. The molecule has 3 heterocycles. The fourth-order valence-electron chi connectivity index (χ4n) is 3.45. The molecule has 0 amide bonds. The maximum absolute atomic E-state index is 11.7. The smallest absolute Gasteiger partial charge is 0.356 e. The van der Waals surface area contributed by atoms with Gasteiger partial charge in [-0.25, -0.2) is 9.78 Å². The van der Waals surface area contributed by atoms with Crippen LogP contribution in [0, 0.1) is 6.92 Å². The number of carbonyl (C=O) groups excluding carboxylic acids is 1. The van der Waals surface area contributed by atoms with Crippen molar-refractivity contribution >= 4 is 5.97 Å². The van der Waals surface area contributed by atoms with E-state index in [2.05, 4.69) is 25.8 Å². The lowest BCUT2D eigenvalue weighted by Gasteiger charge is -2.26. The van der Waals surface area contributed by atoms with Crippen molar-refractivity contribution in [2.75, 3.05) is 59.7 Å². The number of rotatable bonds is 5. The third-order valence-electron chi connectivity index (χ3n) is 5.13. The zero-order valence-corrected chi connectivity index (χ0v) is 18.5. The normalized spacial score (nSPS) is 17.5. The predicted octanol–water partition coefficient (Wildman–Crippen LogP) is 1.92. The molecular formula is C23H32N4O4. The van der Waals surface area contributed by atoms with E-state index in [1.54, 1.807) is 6.07 Å². The standard InChI is InChI=1S/C23H32N4O4/c1-19-5-3-6-20(24-19)17-26-9-13-30-15-11-27(12-16-31-14-10-26)18-21-7-4-8-22(25-21)23(28)29-2/h3-8H,9-18H2,1-2H3. The van der Waals surface area contributed by atoms with Gasteiger partial charge in [-0.2, -0.15) is 0 Å². The fourth-order valence-corrected chi connectivity index (χ4v) is 3.45. The van der Waals surface area contributed by atoms with E-state index in [9.17, 15) is 4.79 Å². The van der Waals surface area contributed by atoms with Crippen LogP contribution < -0.4 is 0 Å². The van der Waals surface area contributed by atoms with Crippen LogP contribution in [0.15, 0.2) is 36.4 Å². The Morgan fingerprint density at radius 2 is 1.39 bits per heavy atom. The van der Waals surface area contributed by atoms with Crippen LogP contribution in [0.25, 0.3) is 0 Å². The Morgan fingerprint density at radius 1 is 0.871 bits per heavy atom. The van der Waals surface area contributed by atoms with Gasteiger partial charge in [0.25, 0.3) is 0 Å². The Bertz CT molecular complexity index is 819. The van der Waals surface area contributed by atoms with Crippen LogP contribution in [0.1, 0.15) is 27.6 Å². The SMILES string of the molecule is COC(=O)c1cccc(CN2CCOCCN(Cc3cccc(C)n3)CCOCC2)n1. The van der Waals surface area contributed by atoms with Gasteiger partial charge in [-0.1, -0.05) is 12.1 Å². The van der Waals surface area contributed by atoms with Crippen LogP contribution >= 0.6 is 0 Å². The van der Waals surface area contributed by atoms with Crippen molar-refractivity contribution < 1.29 is 19.0 Å². The summed E-state index contributed by atoms with van der Waals surface area (Å²) in [4.78, 5) is 25.3. The van der Waals surface area contributed by atoms with Crippen molar-refractivity contribution in [1.82, 2.24) is 19.8 Å². The van der Waals surface area contributed by atoms with Crippen LogP contribution in [-0.4, -0.2) is 85.5 Å². The largest absolute Gasteiger partial charge is 0.464 e. The Hall–Kier alpha value is -2.39. The van der Waals surface area contributed by atoms with Crippen LogP contribution in [0.3, 0.4) is 0 Å². The second-order valence-corrected chi connectivity index (χ2v) is 7.55. The molecular weight excluding hydrogens is 396 g/mol. The molecule has 2 aromatic rings. The lowest BCUT2D eigenvalue weighted by Crippen LogP contribution is -2.35. The van der Waals surface area contributed by atoms with Gasteiger partial charge in [0.1, 0.15) is 5.69 Å². The third-order valence-corrected chi connectivity index (χ3v) is 5.13. The molecule has 0 spiro atoms. The number of pyridine rings is 2. The first-order valence-electron chi connectivity index (χ1n) is 10.7. The Labute approximate surface area is 184 Å². The van der Waals surface area contributed by atoms with Gasteiger partial charge in [0, 0.05) is 45.0 Å². The van der Waals surface area contributed by atoms with E-state index in [1.165, 1.54) is 7.11 Å². The van der Waals surface area contributed by atoms with Gasteiger partial charge >= 0.3 is 5.97 Å². The van der Waals surface area contributed by atoms with Crippen LogP contribution in [0.5, 0.6) is 0 Å². The average Bonchev–Trinajstić information content (AvgIpc) is 2.76. The van der Waals surface area contributed by atoms with Gasteiger partial charge < -0.3 is 14.2 Å². The number of nitrogens with zero attached hydrogens (tertiary/aromatic N) is 4. The van der Waals surface area contributed by atoms with E-state index in [1.807, 2.05) is 31.2 Å². The topological polar surface area (TPSA) is 77.0 Å². The molecule has 1 aliphatic heterocycles. The number of hydrogen-bond acceptors (Lipinski definition) is 8. The molecule has 0 saturated carbocycles. The first-order chi connectivity index (χ1) is 15.1. The molecule has 1 saturated heterocycles. The summed E-state index contributed by atoms with van der Waals surface area (Å²) in [6.45, 7) is 9.24. The van der Waals surface area contributed by atoms with Crippen molar-refractivity contribution in [2.24, 2.45) is 0 Å². The number of esters is 1. The van der Waals surface area contributed by atoms with Gasteiger partial charge in [0.2, 0.25) is 0 Å². The molecule has 0 atom stereocenters. The Morgan fingerprint density at radius 3 is 1.90 bits per heavy atom. The van der Waals surface area contributed by atoms with Gasteiger partial charge in [0.05, 0.1) is 44.9 Å². The molecule has 1 fully saturated rings. The zero-order valence-electron chi connectivity index (χ0n) is 18.5. The number of aromatic nitrogens is 2. The van der Waals surface area contributed by atoms with Crippen molar-refractivity contribution in [2.45, 2.75) is 20.0 Å². The monoisotopic (exact) mass is 428 g/mol. The van der Waals surface area contributed by atoms with E-state index in [0.717, 1.165) is 49.8 Å². The summed E-state index contributed by atoms with van der Waals surface area (Å²) in [5.41, 5.74) is 3.25. The van der Waals surface area contributed by atoms with E-state index in [0.29, 0.717) is 38.7 Å².